The highest BCUT2D eigenvalue weighted by Crippen LogP contribution is 2.21. The van der Waals surface area contributed by atoms with Gasteiger partial charge in [0.1, 0.15) is 0 Å². The van der Waals surface area contributed by atoms with Gasteiger partial charge in [0.15, 0.2) is 0 Å². The molecule has 0 saturated carbocycles. The van der Waals surface area contributed by atoms with E-state index >= 15 is 0 Å². The molecule has 1 rings (SSSR count). The van der Waals surface area contributed by atoms with Gasteiger partial charge in [0, 0.05) is 31.5 Å². The molecule has 0 aliphatic rings. The predicted octanol–water partition coefficient (Wildman–Crippen LogP) is 1.40. The molecule has 0 fully saturated rings. The van der Waals surface area contributed by atoms with Crippen LogP contribution in [0, 0.1) is 0 Å². The predicted molar refractivity (Wildman–Crippen MR) is 70.7 cm³/mol. The minimum atomic E-state index is -3.33. The summed E-state index contributed by atoms with van der Waals surface area (Å²) in [7, 11) is -1.83. The Morgan fingerprint density at radius 1 is 1.44 bits per heavy atom. The van der Waals surface area contributed by atoms with Crippen molar-refractivity contribution in [3.05, 3.63) is 28.5 Å². The summed E-state index contributed by atoms with van der Waals surface area (Å²) in [6, 6.07) is 0. The number of halogens is 1. The van der Waals surface area contributed by atoms with E-state index in [1.54, 1.807) is 13.8 Å². The van der Waals surface area contributed by atoms with Gasteiger partial charge in [-0.1, -0.05) is 11.6 Å². The molecule has 0 aromatic carbocycles. The van der Waals surface area contributed by atoms with Crippen LogP contribution in [0.4, 0.5) is 0 Å². The van der Waals surface area contributed by atoms with E-state index in [-0.39, 0.29) is 13.2 Å². The van der Waals surface area contributed by atoms with E-state index < -0.39 is 15.3 Å². The fourth-order valence-corrected chi connectivity index (χ4v) is 2.78. The lowest BCUT2D eigenvalue weighted by Crippen LogP contribution is -2.33. The Hall–Kier alpha value is -0.690. The maximum Gasteiger partial charge on any atom is 0.216 e. The number of aliphatic hydroxyl groups excluding tert-OH is 1. The van der Waals surface area contributed by atoms with Crippen molar-refractivity contribution in [3.8, 4) is 0 Å². The first-order valence-corrected chi connectivity index (χ1v) is 7.36. The highest BCUT2D eigenvalue weighted by molar-refractivity contribution is 7.89. The number of sulfonamides is 1. The van der Waals surface area contributed by atoms with Crippen molar-refractivity contribution in [2.45, 2.75) is 32.2 Å². The molecule has 0 atom stereocenters. The van der Waals surface area contributed by atoms with E-state index in [2.05, 4.69) is 4.98 Å². The molecular weight excluding hydrogens is 276 g/mol. The standard InChI is InChI=1S/C11H17ClN2O3S/c1-8(2)18(16,17)14(3)6-9-4-13-5-11(12)10(9)7-15/h4-5,8,15H,6-7H2,1-3H3. The normalized spacial score (nSPS) is 12.4. The highest BCUT2D eigenvalue weighted by Gasteiger charge is 2.23. The number of hydrogen-bond donors (Lipinski definition) is 1. The van der Waals surface area contributed by atoms with Crippen molar-refractivity contribution in [3.63, 3.8) is 0 Å². The average Bonchev–Trinajstić information content (AvgIpc) is 2.29. The molecular formula is C11H17ClN2O3S. The van der Waals surface area contributed by atoms with Gasteiger partial charge < -0.3 is 5.11 Å². The average molecular weight is 293 g/mol. The SMILES string of the molecule is CC(C)S(=O)(=O)N(C)Cc1cncc(Cl)c1CO. The van der Waals surface area contributed by atoms with E-state index in [0.717, 1.165) is 0 Å². The van der Waals surface area contributed by atoms with Gasteiger partial charge >= 0.3 is 0 Å². The van der Waals surface area contributed by atoms with Crippen LogP contribution in [-0.2, 0) is 23.2 Å². The fraction of sp³-hybridized carbons (Fsp3) is 0.545. The first kappa shape index (κ1) is 15.4. The molecule has 0 amide bonds. The van der Waals surface area contributed by atoms with Gasteiger partial charge in [0.2, 0.25) is 10.0 Å². The zero-order chi connectivity index (χ0) is 13.9. The third-order valence-electron chi connectivity index (χ3n) is 2.68. The lowest BCUT2D eigenvalue weighted by Gasteiger charge is -2.20. The number of rotatable bonds is 5. The summed E-state index contributed by atoms with van der Waals surface area (Å²) in [5.41, 5.74) is 1.12. The zero-order valence-electron chi connectivity index (χ0n) is 10.6. The topological polar surface area (TPSA) is 70.5 Å². The maximum absolute atomic E-state index is 11.9. The molecule has 7 heteroatoms. The smallest absolute Gasteiger partial charge is 0.216 e. The quantitative estimate of drug-likeness (QED) is 0.890. The number of hydrogen-bond acceptors (Lipinski definition) is 4. The van der Waals surface area contributed by atoms with Crippen LogP contribution in [-0.4, -0.2) is 35.1 Å². The van der Waals surface area contributed by atoms with Crippen molar-refractivity contribution in [2.24, 2.45) is 0 Å². The summed E-state index contributed by atoms with van der Waals surface area (Å²) in [4.78, 5) is 3.91. The minimum Gasteiger partial charge on any atom is -0.392 e. The van der Waals surface area contributed by atoms with Crippen LogP contribution in [0.15, 0.2) is 12.4 Å². The highest BCUT2D eigenvalue weighted by atomic mass is 35.5. The van der Waals surface area contributed by atoms with Crippen LogP contribution in [0.5, 0.6) is 0 Å². The lowest BCUT2D eigenvalue weighted by atomic mass is 10.1. The third kappa shape index (κ3) is 3.20. The number of aliphatic hydroxyl groups is 1. The summed E-state index contributed by atoms with van der Waals surface area (Å²) < 4.78 is 25.1. The van der Waals surface area contributed by atoms with Crippen LogP contribution in [0.2, 0.25) is 5.02 Å². The Kier molecular flexibility index (Phi) is 5.10. The largest absolute Gasteiger partial charge is 0.392 e. The first-order chi connectivity index (χ1) is 8.30. The number of pyridine rings is 1. The van der Waals surface area contributed by atoms with Gasteiger partial charge in [0.25, 0.3) is 0 Å². The minimum absolute atomic E-state index is 0.143. The van der Waals surface area contributed by atoms with Crippen molar-refractivity contribution in [1.82, 2.24) is 9.29 Å². The van der Waals surface area contributed by atoms with Crippen molar-refractivity contribution in [1.29, 1.82) is 0 Å². The fourth-order valence-electron chi connectivity index (χ4n) is 1.50. The lowest BCUT2D eigenvalue weighted by molar-refractivity contribution is 0.279. The summed E-state index contributed by atoms with van der Waals surface area (Å²) >= 11 is 5.90. The molecule has 18 heavy (non-hydrogen) atoms. The third-order valence-corrected chi connectivity index (χ3v) is 5.19. The first-order valence-electron chi connectivity index (χ1n) is 5.48. The second-order valence-electron chi connectivity index (χ2n) is 4.27. The molecule has 1 aromatic heterocycles. The Bertz CT molecular complexity index is 517. The number of nitrogens with zero attached hydrogens (tertiary/aromatic N) is 2. The molecule has 5 nitrogen and oxygen atoms in total. The van der Waals surface area contributed by atoms with Gasteiger partial charge in [0.05, 0.1) is 16.9 Å². The Labute approximate surface area is 112 Å². The van der Waals surface area contributed by atoms with E-state index in [1.165, 1.54) is 23.7 Å². The second-order valence-corrected chi connectivity index (χ2v) is 7.27. The van der Waals surface area contributed by atoms with Gasteiger partial charge in [-0.2, -0.15) is 0 Å². The van der Waals surface area contributed by atoms with Crippen LogP contribution in [0.1, 0.15) is 25.0 Å². The molecule has 1 aromatic rings. The van der Waals surface area contributed by atoms with Crippen LogP contribution >= 0.6 is 11.6 Å². The summed E-state index contributed by atoms with van der Waals surface area (Å²) in [6.07, 6.45) is 2.94. The molecule has 0 aliphatic carbocycles. The number of aromatic nitrogens is 1. The molecule has 0 bridgehead atoms. The molecule has 0 unspecified atom stereocenters. The van der Waals surface area contributed by atoms with Gasteiger partial charge in [-0.3, -0.25) is 4.98 Å². The summed E-state index contributed by atoms with van der Waals surface area (Å²) in [5.74, 6) is 0. The van der Waals surface area contributed by atoms with Crippen molar-refractivity contribution < 1.29 is 13.5 Å². The Morgan fingerprint density at radius 3 is 2.56 bits per heavy atom. The van der Waals surface area contributed by atoms with Gasteiger partial charge in [-0.05, 0) is 19.4 Å². The van der Waals surface area contributed by atoms with E-state index in [9.17, 15) is 13.5 Å². The molecule has 0 spiro atoms. The van der Waals surface area contributed by atoms with E-state index in [1.807, 2.05) is 0 Å². The van der Waals surface area contributed by atoms with Gasteiger partial charge in [-0.25, -0.2) is 12.7 Å². The van der Waals surface area contributed by atoms with E-state index in [4.69, 9.17) is 11.6 Å². The zero-order valence-corrected chi connectivity index (χ0v) is 12.2. The molecule has 0 aliphatic heterocycles. The molecule has 0 saturated heterocycles. The van der Waals surface area contributed by atoms with E-state index in [0.29, 0.717) is 16.1 Å². The maximum atomic E-state index is 11.9. The van der Waals surface area contributed by atoms with Crippen LogP contribution in [0.25, 0.3) is 0 Å². The molecule has 1 heterocycles. The van der Waals surface area contributed by atoms with Crippen molar-refractivity contribution in [2.75, 3.05) is 7.05 Å². The van der Waals surface area contributed by atoms with Crippen LogP contribution < -0.4 is 0 Å². The van der Waals surface area contributed by atoms with Gasteiger partial charge in [-0.15, -0.1) is 0 Å². The van der Waals surface area contributed by atoms with Crippen LogP contribution in [0.3, 0.4) is 0 Å². The molecule has 102 valence electrons. The Morgan fingerprint density at radius 2 is 2.06 bits per heavy atom. The summed E-state index contributed by atoms with van der Waals surface area (Å²) in [6.45, 7) is 3.14. The Balaban J connectivity index is 3.03. The second kappa shape index (κ2) is 5.97. The van der Waals surface area contributed by atoms with Crippen molar-refractivity contribution >= 4 is 21.6 Å². The molecule has 0 radical (unpaired) electrons. The monoisotopic (exact) mass is 292 g/mol. The molecule has 1 N–H and O–H groups in total. The summed E-state index contributed by atoms with van der Waals surface area (Å²) in [5, 5.41) is 9.09.